The van der Waals surface area contributed by atoms with Gasteiger partial charge in [-0.1, -0.05) is 17.7 Å². The van der Waals surface area contributed by atoms with Gasteiger partial charge in [0, 0.05) is 11.8 Å². The van der Waals surface area contributed by atoms with Crippen LogP contribution in [0.1, 0.15) is 21.5 Å². The lowest BCUT2D eigenvalue weighted by Crippen LogP contribution is -2.07. The number of alkyl halides is 2. The second kappa shape index (κ2) is 8.26. The molecule has 2 aromatic rings. The number of ether oxygens (including phenoxy) is 2. The molecule has 142 valence electrons. The quantitative estimate of drug-likeness (QED) is 0.316. The van der Waals surface area contributed by atoms with Gasteiger partial charge in [-0.05, 0) is 36.8 Å². The molecule has 0 aliphatic heterocycles. The van der Waals surface area contributed by atoms with E-state index in [0.29, 0.717) is 5.56 Å². The zero-order valence-corrected chi connectivity index (χ0v) is 14.3. The van der Waals surface area contributed by atoms with Crippen molar-refractivity contribution in [2.24, 2.45) is 0 Å². The van der Waals surface area contributed by atoms with Crippen molar-refractivity contribution in [2.75, 3.05) is 7.11 Å². The topological polar surface area (TPSA) is 102 Å². The summed E-state index contributed by atoms with van der Waals surface area (Å²) in [5, 5.41) is 22.8. The van der Waals surface area contributed by atoms with Gasteiger partial charge >= 0.3 is 6.61 Å². The van der Waals surface area contributed by atoms with Crippen LogP contribution in [0.5, 0.6) is 17.2 Å². The third-order valence-electron chi connectivity index (χ3n) is 3.52. The molecule has 9 heteroatoms. The molecule has 7 nitrogen and oxygen atoms in total. The van der Waals surface area contributed by atoms with Crippen molar-refractivity contribution in [1.29, 1.82) is 0 Å². The number of ketones is 1. The summed E-state index contributed by atoms with van der Waals surface area (Å²) in [6, 6.07) is 6.36. The molecular formula is C18H14F2NO6-. The summed E-state index contributed by atoms with van der Waals surface area (Å²) in [6.45, 7) is -1.42. The summed E-state index contributed by atoms with van der Waals surface area (Å²) in [5.74, 6) is -2.09. The molecule has 0 aromatic heterocycles. The van der Waals surface area contributed by atoms with Gasteiger partial charge in [-0.3, -0.25) is 14.9 Å². The minimum atomic E-state index is -3.10. The Morgan fingerprint density at radius 2 is 1.93 bits per heavy atom. The zero-order chi connectivity index (χ0) is 20.1. The molecule has 27 heavy (non-hydrogen) atoms. The third kappa shape index (κ3) is 4.78. The van der Waals surface area contributed by atoms with Gasteiger partial charge in [0.25, 0.3) is 5.69 Å². The van der Waals surface area contributed by atoms with Gasteiger partial charge in [0.05, 0.1) is 17.6 Å². The van der Waals surface area contributed by atoms with Crippen molar-refractivity contribution in [2.45, 2.75) is 13.5 Å². The molecule has 0 aliphatic carbocycles. The summed E-state index contributed by atoms with van der Waals surface area (Å²) in [7, 11) is 1.18. The van der Waals surface area contributed by atoms with E-state index < -0.39 is 28.8 Å². The molecule has 0 atom stereocenters. The normalized spacial score (nSPS) is 11.0. The minimum absolute atomic E-state index is 0.0894. The average molecular weight is 378 g/mol. The Kier molecular flexibility index (Phi) is 6.07. The molecule has 0 radical (unpaired) electrons. The summed E-state index contributed by atoms with van der Waals surface area (Å²) < 4.78 is 34.1. The largest absolute Gasteiger partial charge is 0.865 e. The van der Waals surface area contributed by atoms with Crippen molar-refractivity contribution in [3.05, 3.63) is 63.2 Å². The van der Waals surface area contributed by atoms with E-state index in [9.17, 15) is 28.8 Å². The summed E-state index contributed by atoms with van der Waals surface area (Å²) in [4.78, 5) is 22.5. The molecule has 0 spiro atoms. The first kappa shape index (κ1) is 19.8. The van der Waals surface area contributed by atoms with Crippen LogP contribution in [0.4, 0.5) is 14.5 Å². The third-order valence-corrected chi connectivity index (χ3v) is 3.52. The number of halogens is 2. The van der Waals surface area contributed by atoms with E-state index in [1.165, 1.54) is 37.5 Å². The molecule has 0 heterocycles. The number of nitrogens with zero attached hydrogens (tertiary/aromatic N) is 1. The number of methoxy groups -OCH3 is 1. The van der Waals surface area contributed by atoms with E-state index in [0.717, 1.165) is 12.1 Å². The Labute approximate surface area is 152 Å². The number of allylic oxidation sites excluding steroid dienone is 1. The second-order valence-electron chi connectivity index (χ2n) is 5.40. The molecular weight excluding hydrogens is 364 g/mol. The maximum absolute atomic E-state index is 12.5. The molecule has 0 N–H and O–H groups in total. The van der Waals surface area contributed by atoms with Crippen LogP contribution in [0.2, 0.25) is 0 Å². The minimum Gasteiger partial charge on any atom is -0.865 e. The van der Waals surface area contributed by atoms with Gasteiger partial charge < -0.3 is 14.6 Å². The molecule has 2 rings (SSSR count). The Hall–Kier alpha value is -3.49. The van der Waals surface area contributed by atoms with E-state index in [4.69, 9.17) is 4.74 Å². The summed E-state index contributed by atoms with van der Waals surface area (Å²) in [6.07, 6.45) is 2.25. The molecule has 0 saturated carbocycles. The first-order valence-electron chi connectivity index (χ1n) is 7.54. The number of aryl methyl sites for hydroxylation is 1. The number of rotatable bonds is 7. The summed E-state index contributed by atoms with van der Waals surface area (Å²) in [5.41, 5.74) is 0.0176. The average Bonchev–Trinajstić information content (AvgIpc) is 2.61. The first-order chi connectivity index (χ1) is 12.7. The Morgan fingerprint density at radius 1 is 1.22 bits per heavy atom. The molecule has 0 unspecified atom stereocenters. The van der Waals surface area contributed by atoms with Crippen LogP contribution >= 0.6 is 0 Å². The van der Waals surface area contributed by atoms with E-state index >= 15 is 0 Å². The van der Waals surface area contributed by atoms with Gasteiger partial charge in [-0.25, -0.2) is 0 Å². The number of hydrogen-bond donors (Lipinski definition) is 0. The Morgan fingerprint density at radius 3 is 2.52 bits per heavy atom. The van der Waals surface area contributed by atoms with Gasteiger partial charge in [0.1, 0.15) is 11.5 Å². The molecule has 0 fully saturated rings. The monoisotopic (exact) mass is 378 g/mol. The van der Waals surface area contributed by atoms with Crippen LogP contribution in [0.25, 0.3) is 6.08 Å². The van der Waals surface area contributed by atoms with Crippen molar-refractivity contribution < 1.29 is 33.1 Å². The highest BCUT2D eigenvalue weighted by atomic mass is 19.3. The van der Waals surface area contributed by atoms with Gasteiger partial charge in [0.2, 0.25) is 0 Å². The number of carbonyl (C=O) groups is 1. The first-order valence-corrected chi connectivity index (χ1v) is 7.54. The summed E-state index contributed by atoms with van der Waals surface area (Å²) >= 11 is 0. The standard InChI is InChI=1S/C18H15F2NO6/c1-10-3-6-15(27-18(19)20)12(7-10)14(22)5-4-11-8-13(21(24)25)17(23)16(9-11)26-2/h3-9,18,23H,1-2H3/p-1/b5-4+. The lowest BCUT2D eigenvalue weighted by atomic mass is 10.0. The predicted molar refractivity (Wildman–Crippen MR) is 90.3 cm³/mol. The number of benzene rings is 2. The van der Waals surface area contributed by atoms with Crippen molar-refractivity contribution in [3.8, 4) is 17.2 Å². The van der Waals surface area contributed by atoms with E-state index in [2.05, 4.69) is 4.74 Å². The van der Waals surface area contributed by atoms with Crippen LogP contribution < -0.4 is 14.6 Å². The number of hydrogen-bond acceptors (Lipinski definition) is 6. The van der Waals surface area contributed by atoms with E-state index in [1.54, 1.807) is 6.92 Å². The second-order valence-corrected chi connectivity index (χ2v) is 5.40. The van der Waals surface area contributed by atoms with E-state index in [1.807, 2.05) is 0 Å². The fourth-order valence-electron chi connectivity index (χ4n) is 2.29. The van der Waals surface area contributed by atoms with Gasteiger partial charge in [-0.2, -0.15) is 8.78 Å². The molecule has 2 aromatic carbocycles. The Bertz CT molecular complexity index is 911. The van der Waals surface area contributed by atoms with Crippen molar-refractivity contribution in [3.63, 3.8) is 0 Å². The highest BCUT2D eigenvalue weighted by molar-refractivity contribution is 6.08. The predicted octanol–water partition coefficient (Wildman–Crippen LogP) is 3.48. The van der Waals surface area contributed by atoms with Gasteiger partial charge in [0.15, 0.2) is 5.78 Å². The van der Waals surface area contributed by atoms with Crippen molar-refractivity contribution >= 4 is 17.5 Å². The fraction of sp³-hybridized carbons (Fsp3) is 0.167. The number of nitro groups is 1. The van der Waals surface area contributed by atoms with E-state index in [-0.39, 0.29) is 22.6 Å². The van der Waals surface area contributed by atoms with Crippen LogP contribution in [0, 0.1) is 17.0 Å². The van der Waals surface area contributed by atoms with Crippen LogP contribution in [0.3, 0.4) is 0 Å². The highest BCUT2D eigenvalue weighted by Gasteiger charge is 2.15. The molecule has 0 bridgehead atoms. The molecule has 0 saturated heterocycles. The van der Waals surface area contributed by atoms with Crippen molar-refractivity contribution in [1.82, 2.24) is 0 Å². The lowest BCUT2D eigenvalue weighted by Gasteiger charge is -2.13. The maximum atomic E-state index is 12.5. The zero-order valence-electron chi connectivity index (χ0n) is 14.3. The van der Waals surface area contributed by atoms with Crippen LogP contribution in [-0.2, 0) is 0 Å². The van der Waals surface area contributed by atoms with Gasteiger partial charge in [-0.15, -0.1) is 0 Å². The molecule has 0 aliphatic rings. The Balaban J connectivity index is 2.39. The lowest BCUT2D eigenvalue weighted by molar-refractivity contribution is -0.398. The number of carbonyl (C=O) groups excluding carboxylic acids is 1. The number of nitro benzene ring substituents is 1. The SMILES string of the molecule is COc1cc(/C=C/C(=O)c2cc(C)ccc2OC(F)F)cc([N+](=O)[O-])c1[O-]. The van der Waals surface area contributed by atoms with Crippen LogP contribution in [0.15, 0.2) is 36.4 Å². The fourth-order valence-corrected chi connectivity index (χ4v) is 2.29. The highest BCUT2D eigenvalue weighted by Crippen LogP contribution is 2.35. The maximum Gasteiger partial charge on any atom is 0.387 e. The molecule has 0 amide bonds. The smallest absolute Gasteiger partial charge is 0.387 e. The van der Waals surface area contributed by atoms with Crippen LogP contribution in [-0.4, -0.2) is 24.4 Å².